The summed E-state index contributed by atoms with van der Waals surface area (Å²) in [4.78, 5) is 33.7. The second-order valence-corrected chi connectivity index (χ2v) is 10.5. The number of hydrogen-bond acceptors (Lipinski definition) is 6. The lowest BCUT2D eigenvalue weighted by atomic mass is 9.95. The summed E-state index contributed by atoms with van der Waals surface area (Å²) in [6, 6.07) is 16.9. The van der Waals surface area contributed by atoms with Crippen molar-refractivity contribution in [1.29, 1.82) is 0 Å². The van der Waals surface area contributed by atoms with Crippen LogP contribution in [-0.2, 0) is 11.3 Å². The third-order valence-corrected chi connectivity index (χ3v) is 8.02. The number of amides is 1. The minimum atomic E-state index is 0.0719. The van der Waals surface area contributed by atoms with Crippen LogP contribution in [0.5, 0.6) is 0 Å². The SMILES string of the molecule is Cc1ccc(C)c(Cn2c(N3CCC(C(=O)N4CCN(c5ncccn5)CC4)CC3)nc3ccccc32)c1. The molecule has 2 aliphatic heterocycles. The molecule has 6 rings (SSSR count). The Morgan fingerprint density at radius 1 is 0.868 bits per heavy atom. The van der Waals surface area contributed by atoms with E-state index in [2.05, 4.69) is 80.6 Å². The third kappa shape index (κ3) is 4.83. The van der Waals surface area contributed by atoms with E-state index in [-0.39, 0.29) is 5.92 Å². The van der Waals surface area contributed by atoms with E-state index in [1.54, 1.807) is 12.4 Å². The first-order valence-electron chi connectivity index (χ1n) is 13.6. The molecule has 2 saturated heterocycles. The summed E-state index contributed by atoms with van der Waals surface area (Å²) in [5.74, 6) is 2.12. The molecule has 4 heterocycles. The number of fused-ring (bicyclic) bond motifs is 1. The molecule has 0 bridgehead atoms. The van der Waals surface area contributed by atoms with Crippen LogP contribution in [-0.4, -0.2) is 69.6 Å². The van der Waals surface area contributed by atoms with E-state index in [4.69, 9.17) is 4.98 Å². The summed E-state index contributed by atoms with van der Waals surface area (Å²) in [7, 11) is 0. The predicted octanol–water partition coefficient (Wildman–Crippen LogP) is 4.06. The van der Waals surface area contributed by atoms with Crippen molar-refractivity contribution in [3.05, 3.63) is 77.6 Å². The molecule has 196 valence electrons. The van der Waals surface area contributed by atoms with E-state index in [1.807, 2.05) is 11.0 Å². The van der Waals surface area contributed by atoms with Gasteiger partial charge in [-0.3, -0.25) is 4.79 Å². The van der Waals surface area contributed by atoms with Crippen LogP contribution in [0.1, 0.15) is 29.5 Å². The van der Waals surface area contributed by atoms with Gasteiger partial charge in [0.15, 0.2) is 0 Å². The van der Waals surface area contributed by atoms with Gasteiger partial charge in [0, 0.05) is 57.6 Å². The Labute approximate surface area is 223 Å². The molecule has 2 aromatic carbocycles. The van der Waals surface area contributed by atoms with Gasteiger partial charge in [0.2, 0.25) is 17.8 Å². The largest absolute Gasteiger partial charge is 0.342 e. The fraction of sp³-hybridized carbons (Fsp3) is 0.400. The highest BCUT2D eigenvalue weighted by molar-refractivity contribution is 5.80. The van der Waals surface area contributed by atoms with Crippen molar-refractivity contribution in [1.82, 2.24) is 24.4 Å². The van der Waals surface area contributed by atoms with E-state index in [0.717, 1.165) is 81.6 Å². The molecule has 0 N–H and O–H groups in total. The molecule has 4 aromatic rings. The number of piperazine rings is 1. The molecular weight excluding hydrogens is 474 g/mol. The summed E-state index contributed by atoms with van der Waals surface area (Å²) >= 11 is 0. The van der Waals surface area contributed by atoms with Gasteiger partial charge in [0.25, 0.3) is 0 Å². The molecule has 0 saturated carbocycles. The Morgan fingerprint density at radius 3 is 2.37 bits per heavy atom. The number of carbonyl (C=O) groups excluding carboxylic acids is 1. The van der Waals surface area contributed by atoms with Crippen LogP contribution in [0.25, 0.3) is 11.0 Å². The zero-order valence-corrected chi connectivity index (χ0v) is 22.3. The van der Waals surface area contributed by atoms with Gasteiger partial charge >= 0.3 is 0 Å². The zero-order chi connectivity index (χ0) is 26.1. The highest BCUT2D eigenvalue weighted by Crippen LogP contribution is 2.29. The van der Waals surface area contributed by atoms with Crippen LogP contribution in [0.4, 0.5) is 11.9 Å². The standard InChI is InChI=1S/C30H35N7O/c1-22-8-9-23(2)25(20-22)21-37-27-7-4-3-6-26(27)33-30(37)36-14-10-24(11-15-36)28(38)34-16-18-35(19-17-34)29-31-12-5-13-32-29/h3-9,12-13,20,24H,10-11,14-19,21H2,1-2H3. The highest BCUT2D eigenvalue weighted by Gasteiger charge is 2.32. The molecule has 2 aliphatic rings. The number of carbonyl (C=O) groups is 1. The van der Waals surface area contributed by atoms with Gasteiger partial charge in [-0.2, -0.15) is 0 Å². The quantitative estimate of drug-likeness (QED) is 0.404. The van der Waals surface area contributed by atoms with Gasteiger partial charge in [-0.15, -0.1) is 0 Å². The maximum absolute atomic E-state index is 13.4. The summed E-state index contributed by atoms with van der Waals surface area (Å²) in [5, 5.41) is 0. The van der Waals surface area contributed by atoms with Gasteiger partial charge in [0.1, 0.15) is 0 Å². The first-order chi connectivity index (χ1) is 18.6. The van der Waals surface area contributed by atoms with E-state index in [9.17, 15) is 4.79 Å². The van der Waals surface area contributed by atoms with Crippen LogP contribution in [0.15, 0.2) is 60.9 Å². The Hall–Kier alpha value is -3.94. The molecule has 0 radical (unpaired) electrons. The van der Waals surface area contributed by atoms with Crippen LogP contribution < -0.4 is 9.80 Å². The maximum Gasteiger partial charge on any atom is 0.225 e. The summed E-state index contributed by atoms with van der Waals surface area (Å²) in [6.45, 7) is 9.79. The van der Waals surface area contributed by atoms with Gasteiger partial charge in [-0.1, -0.05) is 35.9 Å². The number of anilines is 2. The number of rotatable bonds is 5. The molecule has 0 aliphatic carbocycles. The molecule has 0 atom stereocenters. The summed E-state index contributed by atoms with van der Waals surface area (Å²) in [6.07, 6.45) is 5.25. The molecular formula is C30H35N7O. The molecule has 2 aromatic heterocycles. The van der Waals surface area contributed by atoms with E-state index < -0.39 is 0 Å². The number of nitrogens with zero attached hydrogens (tertiary/aromatic N) is 7. The van der Waals surface area contributed by atoms with Crippen LogP contribution in [0, 0.1) is 19.8 Å². The van der Waals surface area contributed by atoms with Crippen LogP contribution in [0.2, 0.25) is 0 Å². The lowest BCUT2D eigenvalue weighted by Crippen LogP contribution is -2.52. The van der Waals surface area contributed by atoms with Crippen molar-refractivity contribution < 1.29 is 4.79 Å². The summed E-state index contributed by atoms with van der Waals surface area (Å²) < 4.78 is 2.35. The first-order valence-corrected chi connectivity index (χ1v) is 13.6. The predicted molar refractivity (Wildman–Crippen MR) is 151 cm³/mol. The second-order valence-electron chi connectivity index (χ2n) is 10.5. The van der Waals surface area contributed by atoms with Crippen molar-refractivity contribution in [2.24, 2.45) is 5.92 Å². The van der Waals surface area contributed by atoms with Crippen LogP contribution in [0.3, 0.4) is 0 Å². The number of para-hydroxylation sites is 2. The minimum Gasteiger partial charge on any atom is -0.342 e. The lowest BCUT2D eigenvalue weighted by molar-refractivity contribution is -0.136. The van der Waals surface area contributed by atoms with Gasteiger partial charge in [-0.05, 0) is 56.0 Å². The fourth-order valence-corrected chi connectivity index (χ4v) is 5.77. The molecule has 1 amide bonds. The van der Waals surface area contributed by atoms with Crippen molar-refractivity contribution in [3.8, 4) is 0 Å². The smallest absolute Gasteiger partial charge is 0.225 e. The molecule has 8 nitrogen and oxygen atoms in total. The number of piperidine rings is 1. The van der Waals surface area contributed by atoms with Gasteiger partial charge < -0.3 is 19.3 Å². The third-order valence-electron chi connectivity index (χ3n) is 8.02. The topological polar surface area (TPSA) is 70.4 Å². The second kappa shape index (κ2) is 10.4. The van der Waals surface area contributed by atoms with Gasteiger partial charge in [0.05, 0.1) is 17.6 Å². The van der Waals surface area contributed by atoms with Gasteiger partial charge in [-0.25, -0.2) is 15.0 Å². The zero-order valence-electron chi connectivity index (χ0n) is 22.3. The molecule has 0 unspecified atom stereocenters. The average Bonchev–Trinajstić information content (AvgIpc) is 3.33. The lowest BCUT2D eigenvalue weighted by Gasteiger charge is -2.38. The number of imidazole rings is 1. The Morgan fingerprint density at radius 2 is 1.61 bits per heavy atom. The maximum atomic E-state index is 13.4. The van der Waals surface area contributed by atoms with Crippen molar-refractivity contribution in [3.63, 3.8) is 0 Å². The fourth-order valence-electron chi connectivity index (χ4n) is 5.77. The Kier molecular flexibility index (Phi) is 6.70. The van der Waals surface area contributed by atoms with E-state index in [1.165, 1.54) is 16.7 Å². The Balaban J connectivity index is 1.13. The Bertz CT molecular complexity index is 1420. The van der Waals surface area contributed by atoms with Crippen molar-refractivity contribution in [2.75, 3.05) is 49.1 Å². The number of aryl methyl sites for hydroxylation is 2. The average molecular weight is 510 g/mol. The number of benzene rings is 2. The highest BCUT2D eigenvalue weighted by atomic mass is 16.2. The van der Waals surface area contributed by atoms with Crippen molar-refractivity contribution in [2.45, 2.75) is 33.2 Å². The molecule has 8 heteroatoms. The summed E-state index contributed by atoms with van der Waals surface area (Å²) in [5.41, 5.74) is 6.06. The van der Waals surface area contributed by atoms with E-state index >= 15 is 0 Å². The first kappa shape index (κ1) is 24.4. The minimum absolute atomic E-state index is 0.0719. The normalized spacial score (nSPS) is 16.8. The van der Waals surface area contributed by atoms with E-state index in [0.29, 0.717) is 5.91 Å². The monoisotopic (exact) mass is 509 g/mol. The van der Waals surface area contributed by atoms with Crippen LogP contribution >= 0.6 is 0 Å². The number of hydrogen-bond donors (Lipinski definition) is 0. The molecule has 38 heavy (non-hydrogen) atoms. The van der Waals surface area contributed by atoms with Crippen molar-refractivity contribution >= 4 is 28.8 Å². The molecule has 2 fully saturated rings. The molecule has 0 spiro atoms. The number of aromatic nitrogens is 4.